The summed E-state index contributed by atoms with van der Waals surface area (Å²) in [7, 11) is 0. The van der Waals surface area contributed by atoms with Crippen LogP contribution in [0, 0.1) is 0 Å². The highest BCUT2D eigenvalue weighted by molar-refractivity contribution is 9.10. The second kappa shape index (κ2) is 6.08. The van der Waals surface area contributed by atoms with Gasteiger partial charge in [-0.2, -0.15) is 0 Å². The zero-order valence-corrected chi connectivity index (χ0v) is 11.7. The molecule has 2 N–H and O–H groups in total. The average molecular weight is 327 g/mol. The fourth-order valence-electron chi connectivity index (χ4n) is 1.49. The zero-order valence-electron chi connectivity index (χ0n) is 9.34. The third-order valence-electron chi connectivity index (χ3n) is 2.35. The highest BCUT2D eigenvalue weighted by Gasteiger charge is 2.20. The predicted octanol–water partition coefficient (Wildman–Crippen LogP) is 2.82. The number of hydrogen-bond acceptors (Lipinski definition) is 4. The van der Waals surface area contributed by atoms with E-state index in [0.29, 0.717) is 12.2 Å². The van der Waals surface area contributed by atoms with Crippen molar-refractivity contribution in [2.45, 2.75) is 12.6 Å². The van der Waals surface area contributed by atoms with Crippen molar-refractivity contribution in [2.24, 2.45) is 0 Å². The zero-order chi connectivity index (χ0) is 13.0. The summed E-state index contributed by atoms with van der Waals surface area (Å²) in [4.78, 5) is 16.4. The standard InChI is InChI=1S/C12H11BrN2O2S/c13-8-3-4-10(14-6-8)11(12(16)17)15-7-9-2-1-5-18-9/h1-6,11,15H,7H2,(H,16,17). The lowest BCUT2D eigenvalue weighted by Gasteiger charge is -2.13. The number of aromatic nitrogens is 1. The molecule has 2 aromatic rings. The maximum atomic E-state index is 11.2. The second-order valence-electron chi connectivity index (χ2n) is 3.63. The van der Waals surface area contributed by atoms with Crippen LogP contribution in [0.3, 0.4) is 0 Å². The molecule has 1 atom stereocenters. The van der Waals surface area contributed by atoms with Crippen LogP contribution in [0.25, 0.3) is 0 Å². The number of aliphatic carboxylic acids is 1. The first-order chi connectivity index (χ1) is 8.66. The highest BCUT2D eigenvalue weighted by atomic mass is 79.9. The van der Waals surface area contributed by atoms with Gasteiger partial charge in [-0.05, 0) is 39.5 Å². The second-order valence-corrected chi connectivity index (χ2v) is 5.58. The van der Waals surface area contributed by atoms with Gasteiger partial charge in [0.2, 0.25) is 0 Å². The van der Waals surface area contributed by atoms with Crippen molar-refractivity contribution in [3.05, 3.63) is 50.9 Å². The van der Waals surface area contributed by atoms with E-state index >= 15 is 0 Å². The van der Waals surface area contributed by atoms with Gasteiger partial charge in [-0.15, -0.1) is 11.3 Å². The Labute approximate surface area is 117 Å². The van der Waals surface area contributed by atoms with Crippen molar-refractivity contribution >= 4 is 33.2 Å². The lowest BCUT2D eigenvalue weighted by molar-refractivity contribution is -0.139. The van der Waals surface area contributed by atoms with Crippen LogP contribution in [-0.4, -0.2) is 16.1 Å². The molecule has 1 unspecified atom stereocenters. The van der Waals surface area contributed by atoms with E-state index in [2.05, 4.69) is 26.2 Å². The third kappa shape index (κ3) is 3.38. The van der Waals surface area contributed by atoms with Crippen LogP contribution in [0.4, 0.5) is 0 Å². The largest absolute Gasteiger partial charge is 0.480 e. The Hall–Kier alpha value is -1.24. The molecule has 2 heterocycles. The minimum absolute atomic E-state index is 0.502. The molecule has 0 fully saturated rings. The van der Waals surface area contributed by atoms with Crippen molar-refractivity contribution < 1.29 is 9.90 Å². The van der Waals surface area contributed by atoms with E-state index in [1.54, 1.807) is 29.7 Å². The molecule has 2 aromatic heterocycles. The first-order valence-electron chi connectivity index (χ1n) is 5.27. The van der Waals surface area contributed by atoms with Crippen LogP contribution >= 0.6 is 27.3 Å². The molecule has 0 aliphatic rings. The quantitative estimate of drug-likeness (QED) is 0.886. The Balaban J connectivity index is 2.08. The maximum Gasteiger partial charge on any atom is 0.326 e. The minimum atomic E-state index is -0.929. The van der Waals surface area contributed by atoms with Gasteiger partial charge in [0.25, 0.3) is 0 Å². The number of carboxylic acids is 1. The van der Waals surface area contributed by atoms with Gasteiger partial charge in [0, 0.05) is 22.1 Å². The van der Waals surface area contributed by atoms with Gasteiger partial charge in [0.15, 0.2) is 0 Å². The van der Waals surface area contributed by atoms with E-state index in [-0.39, 0.29) is 0 Å². The molecule has 0 bridgehead atoms. The third-order valence-corrected chi connectivity index (χ3v) is 3.70. The molecule has 6 heteroatoms. The number of rotatable bonds is 5. The summed E-state index contributed by atoms with van der Waals surface area (Å²) in [6, 6.07) is 6.59. The average Bonchev–Trinajstić information content (AvgIpc) is 2.84. The van der Waals surface area contributed by atoms with Gasteiger partial charge in [0.1, 0.15) is 6.04 Å². The van der Waals surface area contributed by atoms with Crippen LogP contribution < -0.4 is 5.32 Å². The Morgan fingerprint density at radius 1 is 1.50 bits per heavy atom. The molecule has 0 aromatic carbocycles. The molecule has 4 nitrogen and oxygen atoms in total. The molecule has 0 spiro atoms. The predicted molar refractivity (Wildman–Crippen MR) is 73.5 cm³/mol. The van der Waals surface area contributed by atoms with Crippen LogP contribution in [0.2, 0.25) is 0 Å². The molecule has 0 amide bonds. The normalized spacial score (nSPS) is 12.3. The summed E-state index contributed by atoms with van der Waals surface area (Å²) >= 11 is 4.86. The molecule has 0 radical (unpaired) electrons. The lowest BCUT2D eigenvalue weighted by Crippen LogP contribution is -2.28. The van der Waals surface area contributed by atoms with E-state index in [1.807, 2.05) is 17.5 Å². The number of halogens is 1. The molecular formula is C12H11BrN2O2S. The number of thiophene rings is 1. The summed E-state index contributed by atoms with van der Waals surface area (Å²) < 4.78 is 0.827. The van der Waals surface area contributed by atoms with Crippen molar-refractivity contribution in [2.75, 3.05) is 0 Å². The summed E-state index contributed by atoms with van der Waals surface area (Å²) in [5.74, 6) is -0.929. The summed E-state index contributed by atoms with van der Waals surface area (Å²) in [5, 5.41) is 14.2. The fourth-order valence-corrected chi connectivity index (χ4v) is 2.38. The molecule has 0 aliphatic carbocycles. The molecule has 94 valence electrons. The van der Waals surface area contributed by atoms with Gasteiger partial charge in [0.05, 0.1) is 5.69 Å². The number of carbonyl (C=O) groups is 1. The van der Waals surface area contributed by atoms with Crippen LogP contribution in [0.15, 0.2) is 40.3 Å². The first kappa shape index (κ1) is 13.2. The van der Waals surface area contributed by atoms with Crippen LogP contribution in [0.1, 0.15) is 16.6 Å². The van der Waals surface area contributed by atoms with Crippen LogP contribution in [0.5, 0.6) is 0 Å². The molecule has 0 aliphatic heterocycles. The van der Waals surface area contributed by atoms with Crippen molar-refractivity contribution in [1.29, 1.82) is 0 Å². The smallest absolute Gasteiger partial charge is 0.326 e. The van der Waals surface area contributed by atoms with E-state index in [4.69, 9.17) is 0 Å². The summed E-state index contributed by atoms with van der Waals surface area (Å²) in [5.41, 5.74) is 0.502. The van der Waals surface area contributed by atoms with E-state index in [0.717, 1.165) is 9.35 Å². The number of pyridine rings is 1. The van der Waals surface area contributed by atoms with Crippen molar-refractivity contribution in [3.8, 4) is 0 Å². The topological polar surface area (TPSA) is 62.2 Å². The van der Waals surface area contributed by atoms with Crippen molar-refractivity contribution in [1.82, 2.24) is 10.3 Å². The molecular weight excluding hydrogens is 316 g/mol. The molecule has 2 rings (SSSR count). The lowest BCUT2D eigenvalue weighted by atomic mass is 10.2. The monoisotopic (exact) mass is 326 g/mol. The highest BCUT2D eigenvalue weighted by Crippen LogP contribution is 2.16. The summed E-state index contributed by atoms with van der Waals surface area (Å²) in [6.07, 6.45) is 1.60. The van der Waals surface area contributed by atoms with Gasteiger partial charge < -0.3 is 5.11 Å². The minimum Gasteiger partial charge on any atom is -0.480 e. The Morgan fingerprint density at radius 3 is 2.89 bits per heavy atom. The van der Waals surface area contributed by atoms with Crippen LogP contribution in [-0.2, 0) is 11.3 Å². The number of nitrogens with zero attached hydrogens (tertiary/aromatic N) is 1. The van der Waals surface area contributed by atoms with Gasteiger partial charge in [-0.3, -0.25) is 15.1 Å². The summed E-state index contributed by atoms with van der Waals surface area (Å²) in [6.45, 7) is 0.520. The van der Waals surface area contributed by atoms with E-state index in [1.165, 1.54) is 0 Å². The van der Waals surface area contributed by atoms with Gasteiger partial charge in [-0.25, -0.2) is 0 Å². The Bertz CT molecular complexity index is 513. The molecule has 0 saturated heterocycles. The van der Waals surface area contributed by atoms with Gasteiger partial charge in [-0.1, -0.05) is 6.07 Å². The number of hydrogen-bond donors (Lipinski definition) is 2. The Morgan fingerprint density at radius 2 is 2.33 bits per heavy atom. The van der Waals surface area contributed by atoms with E-state index < -0.39 is 12.0 Å². The Kier molecular flexibility index (Phi) is 4.46. The number of nitrogens with one attached hydrogen (secondary N) is 1. The number of carboxylic acid groups (broad SMARTS) is 1. The van der Waals surface area contributed by atoms with E-state index in [9.17, 15) is 9.90 Å². The SMILES string of the molecule is O=C(O)C(NCc1cccs1)c1ccc(Br)cn1. The van der Waals surface area contributed by atoms with Crippen molar-refractivity contribution in [3.63, 3.8) is 0 Å². The molecule has 0 saturated carbocycles. The fraction of sp³-hybridized carbons (Fsp3) is 0.167. The van der Waals surface area contributed by atoms with Gasteiger partial charge >= 0.3 is 5.97 Å². The maximum absolute atomic E-state index is 11.2. The molecule has 18 heavy (non-hydrogen) atoms. The first-order valence-corrected chi connectivity index (χ1v) is 6.94.